The topological polar surface area (TPSA) is 69.6 Å². The highest BCUT2D eigenvalue weighted by Gasteiger charge is 2.36. The first-order valence-electron chi connectivity index (χ1n) is 8.74. The lowest BCUT2D eigenvalue weighted by atomic mass is 9.99. The standard InChI is InChI=1S/C20H19F3N2O3/c1-12(19(28)25-10-9-13-5-2-3-6-14(13)11-25)24-18(27)15-7-4-8-16(17(15)26)20(21,22)23/h2-8,12,26H,9-11H2,1H3,(H,24,27)/t12-/m1/s1. The fraction of sp³-hybridized carbons (Fsp3) is 0.300. The molecular weight excluding hydrogens is 373 g/mol. The van der Waals surface area contributed by atoms with E-state index in [1.165, 1.54) is 6.92 Å². The first-order valence-corrected chi connectivity index (χ1v) is 8.74. The van der Waals surface area contributed by atoms with E-state index < -0.39 is 35.0 Å². The molecular formula is C20H19F3N2O3. The molecule has 0 bridgehead atoms. The molecule has 0 aromatic heterocycles. The molecule has 148 valence electrons. The zero-order chi connectivity index (χ0) is 20.5. The maximum Gasteiger partial charge on any atom is 0.419 e. The first kappa shape index (κ1) is 19.7. The van der Waals surface area contributed by atoms with Crippen LogP contribution in [0.3, 0.4) is 0 Å². The van der Waals surface area contributed by atoms with Crippen LogP contribution in [0.5, 0.6) is 5.75 Å². The molecule has 5 nitrogen and oxygen atoms in total. The number of nitrogens with one attached hydrogen (secondary N) is 1. The summed E-state index contributed by atoms with van der Waals surface area (Å²) < 4.78 is 38.7. The summed E-state index contributed by atoms with van der Waals surface area (Å²) in [5, 5.41) is 12.2. The predicted octanol–water partition coefficient (Wildman–Crippen LogP) is 3.11. The summed E-state index contributed by atoms with van der Waals surface area (Å²) in [4.78, 5) is 26.6. The Balaban J connectivity index is 1.71. The maximum atomic E-state index is 12.9. The second-order valence-corrected chi connectivity index (χ2v) is 6.67. The predicted molar refractivity (Wildman–Crippen MR) is 95.6 cm³/mol. The number of benzene rings is 2. The van der Waals surface area contributed by atoms with E-state index in [1.807, 2.05) is 24.3 Å². The molecule has 0 spiro atoms. The number of hydrogen-bond acceptors (Lipinski definition) is 3. The summed E-state index contributed by atoms with van der Waals surface area (Å²) in [6.45, 7) is 2.36. The Bertz CT molecular complexity index is 912. The van der Waals surface area contributed by atoms with E-state index in [0.717, 1.165) is 23.3 Å². The van der Waals surface area contributed by atoms with E-state index in [4.69, 9.17) is 0 Å². The highest BCUT2D eigenvalue weighted by molar-refractivity contribution is 5.99. The summed E-state index contributed by atoms with van der Waals surface area (Å²) in [5.74, 6) is -2.43. The van der Waals surface area contributed by atoms with Gasteiger partial charge in [0.15, 0.2) is 0 Å². The number of halogens is 3. The fourth-order valence-corrected chi connectivity index (χ4v) is 3.25. The lowest BCUT2D eigenvalue weighted by Gasteiger charge is -2.31. The Morgan fingerprint density at radius 1 is 1.11 bits per heavy atom. The van der Waals surface area contributed by atoms with Gasteiger partial charge >= 0.3 is 6.18 Å². The second-order valence-electron chi connectivity index (χ2n) is 6.67. The number of carbonyl (C=O) groups is 2. The Hall–Kier alpha value is -3.03. The number of hydrogen-bond donors (Lipinski definition) is 2. The molecule has 0 fully saturated rings. The minimum absolute atomic E-state index is 0.339. The Labute approximate surface area is 159 Å². The van der Waals surface area contributed by atoms with Crippen LogP contribution in [0.4, 0.5) is 13.2 Å². The third kappa shape index (κ3) is 3.95. The van der Waals surface area contributed by atoms with Crippen molar-refractivity contribution in [3.05, 3.63) is 64.7 Å². The molecule has 0 aliphatic carbocycles. The molecule has 0 saturated heterocycles. The minimum Gasteiger partial charge on any atom is -0.506 e. The zero-order valence-corrected chi connectivity index (χ0v) is 15.1. The number of nitrogens with zero attached hydrogens (tertiary/aromatic N) is 1. The summed E-state index contributed by atoms with van der Waals surface area (Å²) in [6.07, 6.45) is -4.10. The van der Waals surface area contributed by atoms with Gasteiger partial charge in [-0.3, -0.25) is 9.59 Å². The van der Waals surface area contributed by atoms with E-state index in [-0.39, 0.29) is 5.91 Å². The Morgan fingerprint density at radius 3 is 2.46 bits per heavy atom. The van der Waals surface area contributed by atoms with Gasteiger partial charge in [-0.25, -0.2) is 0 Å². The highest BCUT2D eigenvalue weighted by Crippen LogP contribution is 2.37. The smallest absolute Gasteiger partial charge is 0.419 e. The zero-order valence-electron chi connectivity index (χ0n) is 15.1. The van der Waals surface area contributed by atoms with Crippen molar-refractivity contribution in [2.24, 2.45) is 0 Å². The number of rotatable bonds is 3. The molecule has 0 unspecified atom stereocenters. The van der Waals surface area contributed by atoms with Gasteiger partial charge in [0.1, 0.15) is 11.8 Å². The van der Waals surface area contributed by atoms with Crippen molar-refractivity contribution in [3.63, 3.8) is 0 Å². The fourth-order valence-electron chi connectivity index (χ4n) is 3.25. The Morgan fingerprint density at radius 2 is 1.79 bits per heavy atom. The molecule has 8 heteroatoms. The number of alkyl halides is 3. The number of para-hydroxylation sites is 1. The number of aromatic hydroxyl groups is 1. The van der Waals surface area contributed by atoms with Crippen LogP contribution in [-0.2, 0) is 23.9 Å². The number of amides is 2. The van der Waals surface area contributed by atoms with Crippen LogP contribution in [0, 0.1) is 0 Å². The maximum absolute atomic E-state index is 12.9. The Kier molecular flexibility index (Phi) is 5.31. The third-order valence-electron chi connectivity index (χ3n) is 4.75. The molecule has 3 rings (SSSR count). The number of fused-ring (bicyclic) bond motifs is 1. The van der Waals surface area contributed by atoms with E-state index in [1.54, 1.807) is 4.90 Å². The van der Waals surface area contributed by atoms with Crippen molar-refractivity contribution in [2.75, 3.05) is 6.54 Å². The van der Waals surface area contributed by atoms with Gasteiger partial charge in [-0.2, -0.15) is 13.2 Å². The summed E-state index contributed by atoms with van der Waals surface area (Å²) in [7, 11) is 0. The third-order valence-corrected chi connectivity index (χ3v) is 4.75. The number of phenolic OH excluding ortho intramolecular Hbond substituents is 1. The SMILES string of the molecule is C[C@@H](NC(=O)c1cccc(C(F)(F)F)c1O)C(=O)N1CCc2ccccc2C1. The van der Waals surface area contributed by atoms with Gasteiger partial charge in [-0.15, -0.1) is 0 Å². The molecule has 2 aromatic rings. The van der Waals surface area contributed by atoms with E-state index in [2.05, 4.69) is 5.32 Å². The average Bonchev–Trinajstić information content (AvgIpc) is 2.66. The number of carbonyl (C=O) groups excluding carboxylic acids is 2. The monoisotopic (exact) mass is 392 g/mol. The van der Waals surface area contributed by atoms with Crippen LogP contribution in [0.2, 0.25) is 0 Å². The lowest BCUT2D eigenvalue weighted by Crippen LogP contribution is -2.48. The van der Waals surface area contributed by atoms with Crippen molar-refractivity contribution in [1.29, 1.82) is 0 Å². The minimum atomic E-state index is -4.79. The van der Waals surface area contributed by atoms with Crippen molar-refractivity contribution < 1.29 is 27.9 Å². The molecule has 28 heavy (non-hydrogen) atoms. The van der Waals surface area contributed by atoms with Crippen molar-refractivity contribution in [2.45, 2.75) is 32.1 Å². The van der Waals surface area contributed by atoms with Gasteiger partial charge in [0.05, 0.1) is 11.1 Å². The van der Waals surface area contributed by atoms with Gasteiger partial charge in [0, 0.05) is 13.1 Å². The summed E-state index contributed by atoms with van der Waals surface area (Å²) >= 11 is 0. The van der Waals surface area contributed by atoms with Crippen LogP contribution < -0.4 is 5.32 Å². The van der Waals surface area contributed by atoms with Gasteiger partial charge in [-0.05, 0) is 36.6 Å². The van der Waals surface area contributed by atoms with Crippen LogP contribution in [0.1, 0.15) is 34.0 Å². The van der Waals surface area contributed by atoms with Crippen LogP contribution in [0.15, 0.2) is 42.5 Å². The van der Waals surface area contributed by atoms with Gasteiger partial charge in [0.2, 0.25) is 5.91 Å². The van der Waals surface area contributed by atoms with Gasteiger partial charge < -0.3 is 15.3 Å². The van der Waals surface area contributed by atoms with Gasteiger partial charge in [-0.1, -0.05) is 30.3 Å². The quantitative estimate of drug-likeness (QED) is 0.843. The molecule has 0 saturated carbocycles. The van der Waals surface area contributed by atoms with Crippen molar-refractivity contribution in [3.8, 4) is 5.75 Å². The normalized spacial score (nSPS) is 14.9. The van der Waals surface area contributed by atoms with Crippen LogP contribution in [0.25, 0.3) is 0 Å². The second kappa shape index (κ2) is 7.53. The molecule has 1 aliphatic rings. The molecule has 1 heterocycles. The van der Waals surface area contributed by atoms with E-state index in [0.29, 0.717) is 25.6 Å². The molecule has 1 aliphatic heterocycles. The van der Waals surface area contributed by atoms with Crippen molar-refractivity contribution >= 4 is 11.8 Å². The highest BCUT2D eigenvalue weighted by atomic mass is 19.4. The van der Waals surface area contributed by atoms with Crippen LogP contribution >= 0.6 is 0 Å². The molecule has 0 radical (unpaired) electrons. The molecule has 1 atom stereocenters. The molecule has 2 N–H and O–H groups in total. The van der Waals surface area contributed by atoms with Crippen molar-refractivity contribution in [1.82, 2.24) is 10.2 Å². The summed E-state index contributed by atoms with van der Waals surface area (Å²) in [5.41, 5.74) is 0.360. The lowest BCUT2D eigenvalue weighted by molar-refractivity contribution is -0.139. The molecule has 2 aromatic carbocycles. The van der Waals surface area contributed by atoms with Gasteiger partial charge in [0.25, 0.3) is 5.91 Å². The summed E-state index contributed by atoms with van der Waals surface area (Å²) in [6, 6.07) is 9.59. The largest absolute Gasteiger partial charge is 0.506 e. The van der Waals surface area contributed by atoms with E-state index in [9.17, 15) is 27.9 Å². The molecule has 2 amide bonds. The average molecular weight is 392 g/mol. The first-order chi connectivity index (χ1) is 13.2. The van der Waals surface area contributed by atoms with Crippen LogP contribution in [-0.4, -0.2) is 34.4 Å². The number of phenols is 1. The van der Waals surface area contributed by atoms with E-state index >= 15 is 0 Å².